The van der Waals surface area contributed by atoms with Crippen molar-refractivity contribution in [1.82, 2.24) is 15.2 Å². The lowest BCUT2D eigenvalue weighted by Crippen LogP contribution is -2.12. The lowest BCUT2D eigenvalue weighted by molar-refractivity contribution is -0.116. The molecule has 1 aromatic carbocycles. The minimum absolute atomic E-state index is 0.144. The molecule has 0 atom stereocenters. The minimum Gasteiger partial charge on any atom is -0.441 e. The van der Waals surface area contributed by atoms with Gasteiger partial charge in [-0.2, -0.15) is 0 Å². The molecule has 0 radical (unpaired) electrons. The number of nitrogens with one attached hydrogen (secondary N) is 1. The third kappa shape index (κ3) is 4.89. The number of aryl methyl sites for hydroxylation is 1. The molecule has 26 heavy (non-hydrogen) atoms. The van der Waals surface area contributed by atoms with E-state index in [2.05, 4.69) is 34.3 Å². The van der Waals surface area contributed by atoms with Gasteiger partial charge in [0.05, 0.1) is 11.2 Å². The fourth-order valence-corrected chi connectivity index (χ4v) is 3.55. The van der Waals surface area contributed by atoms with Crippen molar-refractivity contribution in [2.75, 3.05) is 5.32 Å². The fourth-order valence-electron chi connectivity index (χ4n) is 2.35. The Morgan fingerprint density at radius 3 is 2.88 bits per heavy atom. The Kier molecular flexibility index (Phi) is 6.00. The van der Waals surface area contributed by atoms with Crippen LogP contribution in [-0.4, -0.2) is 21.1 Å². The molecular formula is C18H19ClN4O2S. The molecule has 1 N–H and O–H groups in total. The first-order chi connectivity index (χ1) is 12.5. The van der Waals surface area contributed by atoms with E-state index >= 15 is 0 Å². The lowest BCUT2D eigenvalue weighted by atomic mass is 10.1. The van der Waals surface area contributed by atoms with E-state index in [1.54, 1.807) is 12.3 Å². The first kappa shape index (κ1) is 18.5. The summed E-state index contributed by atoms with van der Waals surface area (Å²) in [5.41, 5.74) is 0.781. The van der Waals surface area contributed by atoms with Crippen LogP contribution in [0.15, 0.2) is 34.9 Å². The van der Waals surface area contributed by atoms with Crippen LogP contribution >= 0.6 is 22.9 Å². The number of nitrogens with zero attached hydrogens (tertiary/aromatic N) is 3. The van der Waals surface area contributed by atoms with E-state index in [0.29, 0.717) is 34.1 Å². The van der Waals surface area contributed by atoms with Gasteiger partial charge in [0.25, 0.3) is 0 Å². The number of carbonyl (C=O) groups is 1. The molecule has 1 amide bonds. The topological polar surface area (TPSA) is 80.9 Å². The highest BCUT2D eigenvalue weighted by molar-refractivity contribution is 7.15. The number of aromatic nitrogens is 3. The second-order valence-electron chi connectivity index (χ2n) is 6.25. The molecule has 136 valence electrons. The van der Waals surface area contributed by atoms with Crippen LogP contribution in [0.2, 0.25) is 5.02 Å². The molecule has 0 saturated carbocycles. The normalized spacial score (nSPS) is 11.1. The van der Waals surface area contributed by atoms with Crippen molar-refractivity contribution in [3.8, 4) is 11.3 Å². The van der Waals surface area contributed by atoms with Gasteiger partial charge in [0.2, 0.25) is 11.0 Å². The molecule has 0 aliphatic carbocycles. The lowest BCUT2D eigenvalue weighted by Gasteiger charge is -2.00. The summed E-state index contributed by atoms with van der Waals surface area (Å²) in [7, 11) is 0. The average Bonchev–Trinajstić information content (AvgIpc) is 3.22. The van der Waals surface area contributed by atoms with E-state index < -0.39 is 0 Å². The maximum Gasteiger partial charge on any atom is 0.226 e. The third-order valence-electron chi connectivity index (χ3n) is 3.55. The first-order valence-corrected chi connectivity index (χ1v) is 9.52. The summed E-state index contributed by atoms with van der Waals surface area (Å²) >= 11 is 7.56. The van der Waals surface area contributed by atoms with Crippen LogP contribution < -0.4 is 5.32 Å². The first-order valence-electron chi connectivity index (χ1n) is 8.33. The summed E-state index contributed by atoms with van der Waals surface area (Å²) in [6, 6.07) is 7.39. The number of rotatable bonds is 7. The van der Waals surface area contributed by atoms with Gasteiger partial charge in [0.15, 0.2) is 11.7 Å². The van der Waals surface area contributed by atoms with Gasteiger partial charge in [-0.1, -0.05) is 48.9 Å². The van der Waals surface area contributed by atoms with E-state index in [-0.39, 0.29) is 12.3 Å². The Bertz CT molecular complexity index is 891. The van der Waals surface area contributed by atoms with E-state index in [9.17, 15) is 4.79 Å². The number of amides is 1. The maximum absolute atomic E-state index is 12.1. The summed E-state index contributed by atoms with van der Waals surface area (Å²) in [5, 5.41) is 12.9. The monoisotopic (exact) mass is 390 g/mol. The average molecular weight is 391 g/mol. The molecular weight excluding hydrogens is 372 g/mol. The quantitative estimate of drug-likeness (QED) is 0.636. The molecule has 0 bridgehead atoms. The number of hydrogen-bond donors (Lipinski definition) is 1. The van der Waals surface area contributed by atoms with Crippen molar-refractivity contribution in [2.45, 2.75) is 33.1 Å². The summed E-state index contributed by atoms with van der Waals surface area (Å²) < 4.78 is 5.70. The second kappa shape index (κ2) is 8.42. The highest BCUT2D eigenvalue weighted by Gasteiger charge is 2.13. The molecule has 0 spiro atoms. The molecule has 3 rings (SSSR count). The molecule has 0 saturated heterocycles. The van der Waals surface area contributed by atoms with Crippen LogP contribution in [0.4, 0.5) is 5.13 Å². The van der Waals surface area contributed by atoms with Gasteiger partial charge in [-0.25, -0.2) is 4.98 Å². The Labute approximate surface area is 160 Å². The zero-order chi connectivity index (χ0) is 18.5. The summed E-state index contributed by atoms with van der Waals surface area (Å²) in [4.78, 5) is 16.3. The van der Waals surface area contributed by atoms with Gasteiger partial charge in [0.1, 0.15) is 5.01 Å². The van der Waals surface area contributed by atoms with Gasteiger partial charge in [0, 0.05) is 24.8 Å². The molecule has 0 aliphatic rings. The third-order valence-corrected chi connectivity index (χ3v) is 4.75. The van der Waals surface area contributed by atoms with Crippen LogP contribution in [-0.2, 0) is 17.6 Å². The Hall–Kier alpha value is -2.25. The summed E-state index contributed by atoms with van der Waals surface area (Å²) in [6.45, 7) is 4.24. The molecule has 3 aromatic rings. The molecule has 0 fully saturated rings. The Balaban J connectivity index is 1.54. The molecule has 0 unspecified atom stereocenters. The van der Waals surface area contributed by atoms with Crippen molar-refractivity contribution in [1.29, 1.82) is 0 Å². The van der Waals surface area contributed by atoms with Crippen LogP contribution in [0.1, 0.15) is 31.2 Å². The number of oxazole rings is 1. The van der Waals surface area contributed by atoms with Crippen molar-refractivity contribution < 1.29 is 9.21 Å². The summed E-state index contributed by atoms with van der Waals surface area (Å²) in [5.74, 6) is 1.44. The van der Waals surface area contributed by atoms with Gasteiger partial charge in [-0.3, -0.25) is 4.79 Å². The van der Waals surface area contributed by atoms with Crippen molar-refractivity contribution in [3.63, 3.8) is 0 Å². The van der Waals surface area contributed by atoms with Crippen LogP contribution in [0.5, 0.6) is 0 Å². The van der Waals surface area contributed by atoms with Crippen LogP contribution in [0.25, 0.3) is 11.3 Å². The van der Waals surface area contributed by atoms with Gasteiger partial charge < -0.3 is 9.73 Å². The second-order valence-corrected chi connectivity index (χ2v) is 7.71. The number of benzene rings is 1. The minimum atomic E-state index is -0.144. The molecule has 6 nitrogen and oxygen atoms in total. The van der Waals surface area contributed by atoms with E-state index in [4.69, 9.17) is 16.0 Å². The molecule has 2 heterocycles. The van der Waals surface area contributed by atoms with Crippen molar-refractivity contribution in [3.05, 3.63) is 46.4 Å². The van der Waals surface area contributed by atoms with E-state index in [1.807, 2.05) is 18.2 Å². The van der Waals surface area contributed by atoms with Crippen LogP contribution in [0, 0.1) is 5.92 Å². The van der Waals surface area contributed by atoms with Gasteiger partial charge in [-0.05, 0) is 18.1 Å². The molecule has 2 aromatic heterocycles. The predicted molar refractivity (Wildman–Crippen MR) is 102 cm³/mol. The van der Waals surface area contributed by atoms with Crippen molar-refractivity contribution >= 4 is 34.0 Å². The highest BCUT2D eigenvalue weighted by Crippen LogP contribution is 2.28. The van der Waals surface area contributed by atoms with E-state index in [1.165, 1.54) is 11.3 Å². The smallest absolute Gasteiger partial charge is 0.226 e. The fraction of sp³-hybridized carbons (Fsp3) is 0.333. The number of halogens is 1. The Morgan fingerprint density at radius 1 is 1.31 bits per heavy atom. The number of anilines is 1. The van der Waals surface area contributed by atoms with E-state index in [0.717, 1.165) is 17.0 Å². The van der Waals surface area contributed by atoms with Crippen molar-refractivity contribution in [2.24, 2.45) is 5.92 Å². The standard InChI is InChI=1S/C18H19ClN4O2S/c1-11(2)9-17-22-23-18(26-17)21-15(24)7-8-16-20-10-14(25-16)12-5-3-4-6-13(12)19/h3-6,10-11H,7-9H2,1-2H3,(H,21,23,24). The van der Waals surface area contributed by atoms with Crippen LogP contribution in [0.3, 0.4) is 0 Å². The SMILES string of the molecule is CC(C)Cc1nnc(NC(=O)CCc2ncc(-c3ccccc3Cl)o2)s1. The Morgan fingerprint density at radius 2 is 2.12 bits per heavy atom. The summed E-state index contributed by atoms with van der Waals surface area (Å²) in [6.07, 6.45) is 3.13. The number of carbonyl (C=O) groups excluding carboxylic acids is 1. The molecule has 8 heteroatoms. The molecule has 0 aliphatic heterocycles. The largest absolute Gasteiger partial charge is 0.441 e. The van der Waals surface area contributed by atoms with Gasteiger partial charge >= 0.3 is 0 Å². The zero-order valence-corrected chi connectivity index (χ0v) is 16.1. The van der Waals surface area contributed by atoms with Gasteiger partial charge in [-0.15, -0.1) is 10.2 Å². The predicted octanol–water partition coefficient (Wildman–Crippen LogP) is 4.62. The maximum atomic E-state index is 12.1. The number of hydrogen-bond acceptors (Lipinski definition) is 6. The highest BCUT2D eigenvalue weighted by atomic mass is 35.5. The zero-order valence-electron chi connectivity index (χ0n) is 14.5.